The number of fused-ring (bicyclic) bond motifs is 3. The number of nitrogens with one attached hydrogen (secondary N) is 1. The number of rotatable bonds is 5. The average molecular weight is 504 g/mol. The lowest BCUT2D eigenvalue weighted by Gasteiger charge is -2.37. The first-order valence-corrected chi connectivity index (χ1v) is 15.4. The van der Waals surface area contributed by atoms with E-state index >= 15 is 0 Å². The van der Waals surface area contributed by atoms with Crippen molar-refractivity contribution in [2.45, 2.75) is 12.8 Å². The third-order valence-electron chi connectivity index (χ3n) is 8.07. The van der Waals surface area contributed by atoms with Crippen LogP contribution in [0.3, 0.4) is 0 Å². The SMILES string of the molecule is C1=CCCC([Si@@](c2ccccc2)(c2ccc(-c3ccccc3)cc2)c2ccc3[nH]c4ccccc4c3c2)=C1. The van der Waals surface area contributed by atoms with Gasteiger partial charge in [-0.25, -0.2) is 0 Å². The summed E-state index contributed by atoms with van der Waals surface area (Å²) in [5, 5.41) is 8.47. The molecular formula is C36H29NSi. The second-order valence-corrected chi connectivity index (χ2v) is 14.0. The van der Waals surface area contributed by atoms with Crippen LogP contribution in [0, 0.1) is 0 Å². The molecule has 182 valence electrons. The smallest absolute Gasteiger partial charge is 0.175 e. The molecule has 1 atom stereocenters. The maximum atomic E-state index is 3.63. The van der Waals surface area contributed by atoms with Crippen molar-refractivity contribution in [3.63, 3.8) is 0 Å². The molecule has 5 aromatic carbocycles. The minimum Gasteiger partial charge on any atom is -0.355 e. The summed E-state index contributed by atoms with van der Waals surface area (Å²) >= 11 is 0. The normalized spacial score (nSPS) is 14.9. The van der Waals surface area contributed by atoms with Gasteiger partial charge in [0, 0.05) is 21.8 Å². The number of aromatic amines is 1. The van der Waals surface area contributed by atoms with E-state index in [4.69, 9.17) is 0 Å². The van der Waals surface area contributed by atoms with E-state index in [-0.39, 0.29) is 0 Å². The molecule has 38 heavy (non-hydrogen) atoms. The Kier molecular flexibility index (Phi) is 5.68. The zero-order chi connectivity index (χ0) is 25.4. The number of allylic oxidation sites excluding steroid dienone is 4. The second kappa shape index (κ2) is 9.48. The van der Waals surface area contributed by atoms with E-state index in [1.54, 1.807) is 5.20 Å². The van der Waals surface area contributed by atoms with Gasteiger partial charge in [-0.2, -0.15) is 0 Å². The molecule has 1 N–H and O–H groups in total. The highest BCUT2D eigenvalue weighted by atomic mass is 28.3. The fourth-order valence-electron chi connectivity index (χ4n) is 6.28. The molecule has 0 unspecified atom stereocenters. The van der Waals surface area contributed by atoms with Gasteiger partial charge in [0.1, 0.15) is 0 Å². The predicted octanol–water partition coefficient (Wildman–Crippen LogP) is 7.27. The molecule has 1 nitrogen and oxygen atoms in total. The monoisotopic (exact) mass is 503 g/mol. The quantitative estimate of drug-likeness (QED) is 0.188. The second-order valence-electron chi connectivity index (χ2n) is 10.1. The molecule has 7 rings (SSSR count). The van der Waals surface area contributed by atoms with Crippen molar-refractivity contribution in [1.29, 1.82) is 0 Å². The Hall–Kier alpha value is -4.40. The number of aromatic nitrogens is 1. The number of hydrogen-bond acceptors (Lipinski definition) is 0. The summed E-state index contributed by atoms with van der Waals surface area (Å²) in [6.07, 6.45) is 9.16. The molecule has 1 aliphatic carbocycles. The van der Waals surface area contributed by atoms with Crippen LogP contribution in [0.4, 0.5) is 0 Å². The molecule has 1 aliphatic rings. The molecule has 0 saturated heterocycles. The van der Waals surface area contributed by atoms with Gasteiger partial charge in [0.15, 0.2) is 8.07 Å². The van der Waals surface area contributed by atoms with Crippen molar-refractivity contribution in [2.24, 2.45) is 0 Å². The van der Waals surface area contributed by atoms with Crippen molar-refractivity contribution in [2.75, 3.05) is 0 Å². The zero-order valence-electron chi connectivity index (χ0n) is 21.3. The van der Waals surface area contributed by atoms with Gasteiger partial charge in [0.05, 0.1) is 0 Å². The molecular weight excluding hydrogens is 474 g/mol. The van der Waals surface area contributed by atoms with E-state index in [1.807, 2.05) is 0 Å². The van der Waals surface area contributed by atoms with Crippen molar-refractivity contribution in [1.82, 2.24) is 4.98 Å². The van der Waals surface area contributed by atoms with E-state index in [0.717, 1.165) is 12.8 Å². The van der Waals surface area contributed by atoms with E-state index in [9.17, 15) is 0 Å². The van der Waals surface area contributed by atoms with Gasteiger partial charge >= 0.3 is 0 Å². The number of H-pyrrole nitrogens is 1. The van der Waals surface area contributed by atoms with Crippen molar-refractivity contribution in [3.05, 3.63) is 151 Å². The summed E-state index contributed by atoms with van der Waals surface area (Å²) in [4.78, 5) is 3.63. The highest BCUT2D eigenvalue weighted by molar-refractivity contribution is 7.16. The minimum atomic E-state index is -2.53. The lowest BCUT2D eigenvalue weighted by atomic mass is 10.1. The van der Waals surface area contributed by atoms with E-state index in [1.165, 1.54) is 48.5 Å². The number of hydrogen-bond donors (Lipinski definition) is 1. The third-order valence-corrected chi connectivity index (χ3v) is 13.0. The van der Waals surface area contributed by atoms with Gasteiger partial charge in [0.2, 0.25) is 0 Å². The Morgan fingerprint density at radius 3 is 1.92 bits per heavy atom. The summed E-state index contributed by atoms with van der Waals surface area (Å²) in [7, 11) is -2.53. The Balaban J connectivity index is 1.52. The molecule has 0 radical (unpaired) electrons. The van der Waals surface area contributed by atoms with Crippen LogP contribution in [0.2, 0.25) is 0 Å². The van der Waals surface area contributed by atoms with Gasteiger partial charge in [-0.05, 0) is 51.7 Å². The molecule has 6 aromatic rings. The Morgan fingerprint density at radius 1 is 0.526 bits per heavy atom. The van der Waals surface area contributed by atoms with Gasteiger partial charge in [0.25, 0.3) is 0 Å². The Morgan fingerprint density at radius 2 is 1.16 bits per heavy atom. The van der Waals surface area contributed by atoms with Crippen LogP contribution in [0.5, 0.6) is 0 Å². The van der Waals surface area contributed by atoms with Crippen LogP contribution in [-0.4, -0.2) is 13.1 Å². The molecule has 2 heteroatoms. The van der Waals surface area contributed by atoms with Gasteiger partial charge in [-0.1, -0.05) is 139 Å². The fraction of sp³-hybridized carbons (Fsp3) is 0.0556. The lowest BCUT2D eigenvalue weighted by Crippen LogP contribution is -2.68. The van der Waals surface area contributed by atoms with Crippen LogP contribution >= 0.6 is 0 Å². The molecule has 1 heterocycles. The molecule has 0 fully saturated rings. The standard InChI is InChI=1S/C36H29NSi/c1-4-12-27(13-5-1)28-20-22-31(23-21-28)38(29-14-6-2-7-15-29,30-16-8-3-9-17-30)32-24-25-36-34(26-32)33-18-10-11-19-35(33)37-36/h1-8,10-16,18-26,37H,9,17H2/t38-/m0/s1. The lowest BCUT2D eigenvalue weighted by molar-refractivity contribution is 1.01. The third kappa shape index (κ3) is 3.68. The van der Waals surface area contributed by atoms with Gasteiger partial charge < -0.3 is 4.98 Å². The van der Waals surface area contributed by atoms with Crippen LogP contribution < -0.4 is 15.6 Å². The summed E-state index contributed by atoms with van der Waals surface area (Å²) in [5.41, 5.74) is 4.91. The van der Waals surface area contributed by atoms with E-state index < -0.39 is 8.07 Å². The predicted molar refractivity (Wildman–Crippen MR) is 165 cm³/mol. The van der Waals surface area contributed by atoms with Crippen LogP contribution in [0.15, 0.2) is 151 Å². The minimum absolute atomic E-state index is 1.09. The summed E-state index contributed by atoms with van der Waals surface area (Å²) in [5.74, 6) is 0. The number of benzene rings is 5. The summed E-state index contributed by atoms with van der Waals surface area (Å²) in [6, 6.07) is 47.2. The maximum Gasteiger partial charge on any atom is 0.175 e. The average Bonchev–Trinajstić information content (AvgIpc) is 3.38. The van der Waals surface area contributed by atoms with Crippen molar-refractivity contribution in [3.8, 4) is 11.1 Å². The van der Waals surface area contributed by atoms with E-state index in [0.29, 0.717) is 0 Å². The van der Waals surface area contributed by atoms with Gasteiger partial charge in [-0.3, -0.25) is 0 Å². The first kappa shape index (κ1) is 22.8. The highest BCUT2D eigenvalue weighted by Gasteiger charge is 2.43. The number of para-hydroxylation sites is 1. The first-order chi connectivity index (χ1) is 18.8. The highest BCUT2D eigenvalue weighted by Crippen LogP contribution is 2.29. The van der Waals surface area contributed by atoms with E-state index in [2.05, 4.69) is 151 Å². The molecule has 1 aromatic heterocycles. The Labute approximate surface area is 224 Å². The fourth-order valence-corrected chi connectivity index (χ4v) is 11.3. The summed E-state index contributed by atoms with van der Waals surface area (Å²) < 4.78 is 0. The molecule has 0 amide bonds. The maximum absolute atomic E-state index is 3.63. The van der Waals surface area contributed by atoms with Crippen LogP contribution in [-0.2, 0) is 0 Å². The topological polar surface area (TPSA) is 15.8 Å². The van der Waals surface area contributed by atoms with Crippen molar-refractivity contribution < 1.29 is 0 Å². The molecule has 0 spiro atoms. The largest absolute Gasteiger partial charge is 0.355 e. The first-order valence-electron chi connectivity index (χ1n) is 13.4. The summed E-state index contributed by atoms with van der Waals surface area (Å²) in [6.45, 7) is 0. The van der Waals surface area contributed by atoms with Crippen LogP contribution in [0.25, 0.3) is 32.9 Å². The molecule has 0 aliphatic heterocycles. The van der Waals surface area contributed by atoms with Crippen molar-refractivity contribution >= 4 is 45.4 Å². The molecule has 0 saturated carbocycles. The molecule has 0 bridgehead atoms. The Bertz CT molecular complexity index is 1790. The van der Waals surface area contributed by atoms with Crippen LogP contribution in [0.1, 0.15) is 12.8 Å². The van der Waals surface area contributed by atoms with Gasteiger partial charge in [-0.15, -0.1) is 0 Å². The zero-order valence-corrected chi connectivity index (χ0v) is 22.3.